The lowest BCUT2D eigenvalue weighted by atomic mass is 10.2. The quantitative estimate of drug-likeness (QED) is 0.498. The summed E-state index contributed by atoms with van der Waals surface area (Å²) in [5, 5.41) is 9.94. The highest BCUT2D eigenvalue weighted by Crippen LogP contribution is 2.26. The molecule has 3 rings (SSSR count). The summed E-state index contributed by atoms with van der Waals surface area (Å²) >= 11 is 11.3. The van der Waals surface area contributed by atoms with Crippen molar-refractivity contribution in [1.82, 2.24) is 10.3 Å². The number of pyridine rings is 1. The van der Waals surface area contributed by atoms with Gasteiger partial charge < -0.3 is 20.7 Å². The van der Waals surface area contributed by atoms with Crippen LogP contribution in [0.15, 0.2) is 60.8 Å². The van der Waals surface area contributed by atoms with Crippen LogP contribution in [-0.4, -0.2) is 23.1 Å². The zero-order valence-corrected chi connectivity index (χ0v) is 17.4. The highest BCUT2D eigenvalue weighted by Gasteiger charge is 2.08. The van der Waals surface area contributed by atoms with Crippen molar-refractivity contribution in [2.75, 3.05) is 17.7 Å². The number of halogens is 1. The molecule has 1 aromatic heterocycles. The number of nitrogens with one attached hydrogen (secondary N) is 3. The van der Waals surface area contributed by atoms with E-state index < -0.39 is 0 Å². The second kappa shape index (κ2) is 9.36. The third-order valence-corrected chi connectivity index (χ3v) is 4.43. The fourth-order valence-corrected chi connectivity index (χ4v) is 2.87. The number of ether oxygens (including phenoxy) is 1. The van der Waals surface area contributed by atoms with E-state index in [-0.39, 0.29) is 5.91 Å². The Kier molecular flexibility index (Phi) is 6.64. The average Bonchev–Trinajstić information content (AvgIpc) is 2.71. The molecule has 0 radical (unpaired) electrons. The Balaban J connectivity index is 1.66. The summed E-state index contributed by atoms with van der Waals surface area (Å²) < 4.78 is 5.85. The molecule has 0 aliphatic rings. The van der Waals surface area contributed by atoms with Gasteiger partial charge in [-0.15, -0.1) is 0 Å². The van der Waals surface area contributed by atoms with E-state index in [1.54, 1.807) is 31.3 Å². The summed E-state index contributed by atoms with van der Waals surface area (Å²) in [6.07, 6.45) is 1.53. The van der Waals surface area contributed by atoms with Crippen LogP contribution in [0.25, 0.3) is 0 Å². The lowest BCUT2D eigenvalue weighted by molar-refractivity contribution is 0.0958. The van der Waals surface area contributed by atoms with Crippen LogP contribution in [-0.2, 0) is 0 Å². The zero-order valence-electron chi connectivity index (χ0n) is 15.8. The van der Waals surface area contributed by atoms with Crippen LogP contribution >= 0.6 is 23.8 Å². The van der Waals surface area contributed by atoms with Crippen molar-refractivity contribution in [3.05, 3.63) is 77.1 Å². The van der Waals surface area contributed by atoms with Crippen molar-refractivity contribution < 1.29 is 9.53 Å². The second-order valence-corrected chi connectivity index (χ2v) is 6.97. The molecular formula is C21H19ClN4O2S. The fourth-order valence-electron chi connectivity index (χ4n) is 2.52. The van der Waals surface area contributed by atoms with Gasteiger partial charge >= 0.3 is 0 Å². The van der Waals surface area contributed by atoms with Gasteiger partial charge in [0, 0.05) is 35.7 Å². The predicted molar refractivity (Wildman–Crippen MR) is 120 cm³/mol. The predicted octanol–water partition coefficient (Wildman–Crippen LogP) is 5.00. The largest absolute Gasteiger partial charge is 0.457 e. The molecule has 148 valence electrons. The average molecular weight is 427 g/mol. The second-order valence-electron chi connectivity index (χ2n) is 6.12. The molecule has 0 bridgehead atoms. The summed E-state index contributed by atoms with van der Waals surface area (Å²) in [5.41, 5.74) is 2.93. The molecule has 0 fully saturated rings. The van der Waals surface area contributed by atoms with Gasteiger partial charge in [-0.25, -0.2) is 0 Å². The third-order valence-electron chi connectivity index (χ3n) is 3.97. The molecule has 1 amide bonds. The van der Waals surface area contributed by atoms with Gasteiger partial charge in [0.25, 0.3) is 5.91 Å². The van der Waals surface area contributed by atoms with Crippen molar-refractivity contribution in [3.8, 4) is 11.5 Å². The number of anilines is 2. The molecule has 0 aliphatic heterocycles. The third kappa shape index (κ3) is 5.66. The summed E-state index contributed by atoms with van der Waals surface area (Å²) in [6, 6.07) is 16.1. The van der Waals surface area contributed by atoms with E-state index in [9.17, 15) is 4.79 Å². The summed E-state index contributed by atoms with van der Waals surface area (Å²) in [7, 11) is 1.55. The van der Waals surface area contributed by atoms with Crippen LogP contribution in [0.1, 0.15) is 16.1 Å². The maximum Gasteiger partial charge on any atom is 0.269 e. The lowest BCUT2D eigenvalue weighted by Crippen LogP contribution is -2.19. The fraction of sp³-hybridized carbons (Fsp3) is 0.0952. The lowest BCUT2D eigenvalue weighted by Gasteiger charge is -2.14. The number of amides is 1. The van der Waals surface area contributed by atoms with E-state index in [2.05, 4.69) is 20.9 Å². The van der Waals surface area contributed by atoms with Crippen LogP contribution in [0.4, 0.5) is 11.4 Å². The Bertz CT molecular complexity index is 1040. The molecule has 2 aromatic carbocycles. The van der Waals surface area contributed by atoms with Gasteiger partial charge in [-0.1, -0.05) is 11.6 Å². The molecule has 0 saturated heterocycles. The maximum absolute atomic E-state index is 11.7. The Labute approximate surface area is 179 Å². The Hall–Kier alpha value is -3.16. The smallest absolute Gasteiger partial charge is 0.269 e. The van der Waals surface area contributed by atoms with Gasteiger partial charge in [-0.2, -0.15) is 0 Å². The van der Waals surface area contributed by atoms with Gasteiger partial charge in [0.05, 0.1) is 0 Å². The first-order valence-corrected chi connectivity index (χ1v) is 9.53. The molecule has 29 heavy (non-hydrogen) atoms. The van der Waals surface area contributed by atoms with Gasteiger partial charge in [0.15, 0.2) is 5.11 Å². The first kappa shape index (κ1) is 20.6. The molecular weight excluding hydrogens is 408 g/mol. The van der Waals surface area contributed by atoms with Gasteiger partial charge in [0.2, 0.25) is 0 Å². The highest BCUT2D eigenvalue weighted by atomic mass is 35.5. The minimum absolute atomic E-state index is 0.270. The van der Waals surface area contributed by atoms with Gasteiger partial charge in [0.1, 0.15) is 17.2 Å². The van der Waals surface area contributed by atoms with Crippen molar-refractivity contribution in [3.63, 3.8) is 0 Å². The maximum atomic E-state index is 11.7. The molecule has 3 aromatic rings. The monoisotopic (exact) mass is 426 g/mol. The molecule has 6 nitrogen and oxygen atoms in total. The standard InChI is InChI=1S/C21H19ClN4O2S/c1-13-11-16(28-17-9-10-24-19(12-17)20(27)23-2)7-8-18(13)26-21(29)25-15-5-3-14(22)4-6-15/h3-12H,1-2H3,(H,23,27)(H2,25,26,29). The molecule has 1 heterocycles. The van der Waals surface area contributed by atoms with Crippen LogP contribution in [0.5, 0.6) is 11.5 Å². The number of carbonyl (C=O) groups excluding carboxylic acids is 1. The number of hydrogen-bond donors (Lipinski definition) is 3. The number of aryl methyl sites for hydroxylation is 1. The summed E-state index contributed by atoms with van der Waals surface area (Å²) in [6.45, 7) is 1.95. The SMILES string of the molecule is CNC(=O)c1cc(Oc2ccc(NC(=S)Nc3ccc(Cl)cc3)c(C)c2)ccn1. The van der Waals surface area contributed by atoms with Crippen LogP contribution in [0.3, 0.4) is 0 Å². The Morgan fingerprint density at radius 2 is 1.76 bits per heavy atom. The number of thiocarbonyl (C=S) groups is 1. The Morgan fingerprint density at radius 3 is 2.45 bits per heavy atom. The summed E-state index contributed by atoms with van der Waals surface area (Å²) in [4.78, 5) is 15.7. The first-order valence-electron chi connectivity index (χ1n) is 8.75. The number of rotatable bonds is 5. The van der Waals surface area contributed by atoms with E-state index in [0.29, 0.717) is 27.3 Å². The molecule has 0 atom stereocenters. The molecule has 0 unspecified atom stereocenters. The van der Waals surface area contributed by atoms with E-state index in [4.69, 9.17) is 28.6 Å². The van der Waals surface area contributed by atoms with E-state index in [0.717, 1.165) is 16.9 Å². The van der Waals surface area contributed by atoms with Gasteiger partial charge in [-0.3, -0.25) is 9.78 Å². The molecule has 0 spiro atoms. The number of carbonyl (C=O) groups is 1. The number of hydrogen-bond acceptors (Lipinski definition) is 4. The topological polar surface area (TPSA) is 75.3 Å². The van der Waals surface area contributed by atoms with Crippen molar-refractivity contribution in [1.29, 1.82) is 0 Å². The first-order chi connectivity index (χ1) is 13.9. The molecule has 8 heteroatoms. The number of nitrogens with zero attached hydrogens (tertiary/aromatic N) is 1. The zero-order chi connectivity index (χ0) is 20.8. The molecule has 0 saturated carbocycles. The molecule has 0 aliphatic carbocycles. The minimum atomic E-state index is -0.270. The normalized spacial score (nSPS) is 10.2. The molecule has 3 N–H and O–H groups in total. The van der Waals surface area contributed by atoms with E-state index >= 15 is 0 Å². The van der Waals surface area contributed by atoms with Crippen LogP contribution in [0, 0.1) is 6.92 Å². The van der Waals surface area contributed by atoms with Crippen LogP contribution < -0.4 is 20.7 Å². The summed E-state index contributed by atoms with van der Waals surface area (Å²) in [5.74, 6) is 0.894. The number of benzene rings is 2. The van der Waals surface area contributed by atoms with Gasteiger partial charge in [-0.05, 0) is 73.2 Å². The minimum Gasteiger partial charge on any atom is -0.457 e. The Morgan fingerprint density at radius 1 is 1.03 bits per heavy atom. The number of aromatic nitrogens is 1. The van der Waals surface area contributed by atoms with E-state index in [1.165, 1.54) is 6.20 Å². The van der Waals surface area contributed by atoms with Crippen LogP contribution in [0.2, 0.25) is 5.02 Å². The van der Waals surface area contributed by atoms with Crippen molar-refractivity contribution in [2.24, 2.45) is 0 Å². The van der Waals surface area contributed by atoms with Crippen molar-refractivity contribution in [2.45, 2.75) is 6.92 Å². The van der Waals surface area contributed by atoms with E-state index in [1.807, 2.05) is 37.3 Å². The van der Waals surface area contributed by atoms with Crippen molar-refractivity contribution >= 4 is 46.2 Å². The highest BCUT2D eigenvalue weighted by molar-refractivity contribution is 7.80.